The van der Waals surface area contributed by atoms with Gasteiger partial charge in [0.2, 0.25) is 0 Å². The highest BCUT2D eigenvalue weighted by atomic mass is 16.5. The van der Waals surface area contributed by atoms with Crippen molar-refractivity contribution >= 4 is 5.96 Å². The molecular weight excluding hydrogens is 214 g/mol. The van der Waals surface area contributed by atoms with Crippen LogP contribution >= 0.6 is 0 Å². The molecule has 17 heavy (non-hydrogen) atoms. The number of nitrogens with zero attached hydrogens (tertiary/aromatic N) is 1. The molecule has 0 aliphatic heterocycles. The van der Waals surface area contributed by atoms with Crippen LogP contribution in [-0.2, 0) is 6.54 Å². The first-order valence-corrected chi connectivity index (χ1v) is 5.85. The van der Waals surface area contributed by atoms with Crippen molar-refractivity contribution in [2.75, 3.05) is 7.11 Å². The molecule has 1 rings (SSSR count). The van der Waals surface area contributed by atoms with Crippen LogP contribution in [0.1, 0.15) is 25.8 Å². The molecule has 0 aliphatic rings. The molecule has 0 saturated carbocycles. The van der Waals surface area contributed by atoms with Crippen LogP contribution < -0.4 is 15.8 Å². The Morgan fingerprint density at radius 2 is 2.06 bits per heavy atom. The van der Waals surface area contributed by atoms with Gasteiger partial charge in [0.15, 0.2) is 5.96 Å². The molecule has 4 nitrogen and oxygen atoms in total. The number of benzene rings is 1. The molecule has 0 aromatic heterocycles. The second kappa shape index (κ2) is 6.78. The van der Waals surface area contributed by atoms with E-state index in [2.05, 4.69) is 24.2 Å². The Labute approximate surface area is 103 Å². The number of aliphatic imine (C=N–C) groups is 1. The van der Waals surface area contributed by atoms with Gasteiger partial charge in [0.05, 0.1) is 13.7 Å². The number of ether oxygens (including phenoxy) is 1. The third kappa shape index (κ3) is 4.76. The average Bonchev–Trinajstić information content (AvgIpc) is 2.36. The summed E-state index contributed by atoms with van der Waals surface area (Å²) < 4.78 is 5.09. The molecule has 0 spiro atoms. The monoisotopic (exact) mass is 235 g/mol. The van der Waals surface area contributed by atoms with E-state index in [9.17, 15) is 0 Å². The van der Waals surface area contributed by atoms with Crippen molar-refractivity contribution in [3.8, 4) is 5.75 Å². The molecule has 0 radical (unpaired) electrons. The minimum absolute atomic E-state index is 0.356. The van der Waals surface area contributed by atoms with Gasteiger partial charge in [-0.15, -0.1) is 0 Å². The summed E-state index contributed by atoms with van der Waals surface area (Å²) in [5.74, 6) is 1.35. The van der Waals surface area contributed by atoms with E-state index in [0.29, 0.717) is 18.5 Å². The summed E-state index contributed by atoms with van der Waals surface area (Å²) in [5.41, 5.74) is 6.88. The van der Waals surface area contributed by atoms with E-state index in [0.717, 1.165) is 17.7 Å². The van der Waals surface area contributed by atoms with Crippen molar-refractivity contribution < 1.29 is 4.74 Å². The molecule has 0 fully saturated rings. The van der Waals surface area contributed by atoms with Gasteiger partial charge in [-0.2, -0.15) is 0 Å². The zero-order valence-corrected chi connectivity index (χ0v) is 10.7. The molecule has 94 valence electrons. The molecule has 0 bridgehead atoms. The molecule has 1 aromatic carbocycles. The first-order chi connectivity index (χ1) is 8.15. The van der Waals surface area contributed by atoms with Crippen LogP contribution in [0.15, 0.2) is 29.3 Å². The number of hydrogen-bond donors (Lipinski definition) is 2. The fraction of sp³-hybridized carbons (Fsp3) is 0.462. The minimum Gasteiger partial charge on any atom is -0.497 e. The summed E-state index contributed by atoms with van der Waals surface area (Å²) in [6.45, 7) is 4.77. The Morgan fingerprint density at radius 3 is 2.59 bits per heavy atom. The Hall–Kier alpha value is -1.71. The van der Waals surface area contributed by atoms with Crippen molar-refractivity contribution in [2.24, 2.45) is 10.7 Å². The predicted octanol–water partition coefficient (Wildman–Crippen LogP) is 1.90. The zero-order chi connectivity index (χ0) is 12.7. The highest BCUT2D eigenvalue weighted by Crippen LogP contribution is 2.11. The lowest BCUT2D eigenvalue weighted by atomic mass is 10.2. The Balaban J connectivity index is 2.50. The number of nitrogens with two attached hydrogens (primary N) is 1. The van der Waals surface area contributed by atoms with Gasteiger partial charge in [-0.3, -0.25) is 0 Å². The maximum absolute atomic E-state index is 5.77. The summed E-state index contributed by atoms with van der Waals surface area (Å²) in [4.78, 5) is 4.28. The van der Waals surface area contributed by atoms with Crippen molar-refractivity contribution in [3.63, 3.8) is 0 Å². The minimum atomic E-state index is 0.356. The third-order valence-corrected chi connectivity index (χ3v) is 2.60. The second-order valence-electron chi connectivity index (χ2n) is 4.00. The lowest BCUT2D eigenvalue weighted by molar-refractivity contribution is 0.414. The molecule has 1 unspecified atom stereocenters. The molecule has 0 saturated heterocycles. The summed E-state index contributed by atoms with van der Waals surface area (Å²) in [7, 11) is 1.65. The molecule has 4 heteroatoms. The maximum atomic E-state index is 5.77. The van der Waals surface area contributed by atoms with E-state index >= 15 is 0 Å². The summed E-state index contributed by atoms with van der Waals surface area (Å²) >= 11 is 0. The largest absolute Gasteiger partial charge is 0.497 e. The van der Waals surface area contributed by atoms with Gasteiger partial charge >= 0.3 is 0 Å². The fourth-order valence-electron chi connectivity index (χ4n) is 1.31. The van der Waals surface area contributed by atoms with E-state index in [1.54, 1.807) is 7.11 Å². The Bertz CT molecular complexity index is 359. The Kier molecular flexibility index (Phi) is 5.33. The van der Waals surface area contributed by atoms with Crippen LogP contribution in [0.2, 0.25) is 0 Å². The first-order valence-electron chi connectivity index (χ1n) is 5.85. The first kappa shape index (κ1) is 13.4. The van der Waals surface area contributed by atoms with Crippen LogP contribution in [0.4, 0.5) is 0 Å². The van der Waals surface area contributed by atoms with E-state index < -0.39 is 0 Å². The van der Waals surface area contributed by atoms with Crippen molar-refractivity contribution in [3.05, 3.63) is 29.8 Å². The quantitative estimate of drug-likeness (QED) is 0.605. The van der Waals surface area contributed by atoms with E-state index in [1.807, 2.05) is 24.3 Å². The SMILES string of the molecule is CCC(C)NC(N)=NCc1ccc(OC)cc1. The molecule has 3 N–H and O–H groups in total. The lowest BCUT2D eigenvalue weighted by Gasteiger charge is -2.11. The molecular formula is C13H21N3O. The predicted molar refractivity (Wildman–Crippen MR) is 71.2 cm³/mol. The normalized spacial score (nSPS) is 13.2. The van der Waals surface area contributed by atoms with E-state index in [1.165, 1.54) is 0 Å². The van der Waals surface area contributed by atoms with Crippen molar-refractivity contribution in [1.29, 1.82) is 0 Å². The fourth-order valence-corrected chi connectivity index (χ4v) is 1.31. The smallest absolute Gasteiger partial charge is 0.189 e. The molecule has 1 atom stereocenters. The number of nitrogens with one attached hydrogen (secondary N) is 1. The van der Waals surface area contributed by atoms with Crippen LogP contribution in [0.3, 0.4) is 0 Å². The number of methoxy groups -OCH3 is 1. The average molecular weight is 235 g/mol. The number of rotatable bonds is 5. The van der Waals surface area contributed by atoms with Gasteiger partial charge in [0, 0.05) is 6.04 Å². The van der Waals surface area contributed by atoms with Gasteiger partial charge in [-0.25, -0.2) is 4.99 Å². The van der Waals surface area contributed by atoms with Gasteiger partial charge in [-0.05, 0) is 31.0 Å². The van der Waals surface area contributed by atoms with Gasteiger partial charge in [0.1, 0.15) is 5.75 Å². The zero-order valence-electron chi connectivity index (χ0n) is 10.7. The highest BCUT2D eigenvalue weighted by molar-refractivity contribution is 5.78. The van der Waals surface area contributed by atoms with Gasteiger partial charge in [-0.1, -0.05) is 19.1 Å². The lowest BCUT2D eigenvalue weighted by Crippen LogP contribution is -2.38. The highest BCUT2D eigenvalue weighted by Gasteiger charge is 1.99. The summed E-state index contributed by atoms with van der Waals surface area (Å²) in [5, 5.41) is 3.13. The van der Waals surface area contributed by atoms with Crippen molar-refractivity contribution in [1.82, 2.24) is 5.32 Å². The van der Waals surface area contributed by atoms with E-state index in [4.69, 9.17) is 10.5 Å². The Morgan fingerprint density at radius 1 is 1.41 bits per heavy atom. The summed E-state index contributed by atoms with van der Waals surface area (Å²) in [6.07, 6.45) is 1.03. The standard InChI is InChI=1S/C13H21N3O/c1-4-10(2)16-13(14)15-9-11-5-7-12(17-3)8-6-11/h5-8,10H,4,9H2,1-3H3,(H3,14,15,16). The topological polar surface area (TPSA) is 59.6 Å². The van der Waals surface area contributed by atoms with Crippen LogP contribution in [-0.4, -0.2) is 19.1 Å². The maximum Gasteiger partial charge on any atom is 0.189 e. The van der Waals surface area contributed by atoms with Gasteiger partial charge in [0.25, 0.3) is 0 Å². The van der Waals surface area contributed by atoms with Crippen LogP contribution in [0.25, 0.3) is 0 Å². The van der Waals surface area contributed by atoms with Crippen LogP contribution in [0, 0.1) is 0 Å². The van der Waals surface area contributed by atoms with Crippen LogP contribution in [0.5, 0.6) is 5.75 Å². The number of guanidine groups is 1. The van der Waals surface area contributed by atoms with Crippen molar-refractivity contribution in [2.45, 2.75) is 32.9 Å². The molecule has 1 aromatic rings. The molecule has 0 amide bonds. The third-order valence-electron chi connectivity index (χ3n) is 2.60. The van der Waals surface area contributed by atoms with Gasteiger partial charge < -0.3 is 15.8 Å². The molecule has 0 aliphatic carbocycles. The number of hydrogen-bond acceptors (Lipinski definition) is 2. The summed E-state index contributed by atoms with van der Waals surface area (Å²) in [6, 6.07) is 8.17. The van der Waals surface area contributed by atoms with E-state index in [-0.39, 0.29) is 0 Å². The second-order valence-corrected chi connectivity index (χ2v) is 4.00. The molecule has 0 heterocycles.